The first kappa shape index (κ1) is 27.9. The predicted molar refractivity (Wildman–Crippen MR) is 151 cm³/mol. The lowest BCUT2D eigenvalue weighted by molar-refractivity contribution is 0.0730. The van der Waals surface area contributed by atoms with Gasteiger partial charge in [-0.25, -0.2) is 8.42 Å². The number of morpholine rings is 1. The molecule has 39 heavy (non-hydrogen) atoms. The van der Waals surface area contributed by atoms with Crippen molar-refractivity contribution in [2.24, 2.45) is 0 Å². The highest BCUT2D eigenvalue weighted by Gasteiger charge is 2.31. The highest BCUT2D eigenvalue weighted by atomic mass is 35.5. The van der Waals surface area contributed by atoms with Gasteiger partial charge in [-0.3, -0.25) is 4.79 Å². The molecule has 1 unspecified atom stereocenters. The summed E-state index contributed by atoms with van der Waals surface area (Å²) in [6, 6.07) is 12.7. The topological polar surface area (TPSA) is 109 Å². The number of carbonyl (C=O) groups excluding carboxylic acids is 1. The molecule has 204 valence electrons. The number of ether oxygens (including phenoxy) is 2. The molecule has 1 atom stereocenters. The van der Waals surface area contributed by atoms with E-state index in [0.717, 1.165) is 29.0 Å². The van der Waals surface area contributed by atoms with Crippen LogP contribution in [-0.4, -0.2) is 52.0 Å². The van der Waals surface area contributed by atoms with Gasteiger partial charge in [0.25, 0.3) is 5.91 Å². The smallest absolute Gasteiger partial charge is 0.257 e. The number of halogens is 2. The molecule has 3 aromatic rings. The number of nitriles is 1. The van der Waals surface area contributed by atoms with Crippen molar-refractivity contribution in [2.45, 2.75) is 30.1 Å². The fourth-order valence-electron chi connectivity index (χ4n) is 4.95. The van der Waals surface area contributed by atoms with Gasteiger partial charge < -0.3 is 14.8 Å². The van der Waals surface area contributed by atoms with Crippen LogP contribution in [0.3, 0.4) is 0 Å². The van der Waals surface area contributed by atoms with Crippen LogP contribution in [0.5, 0.6) is 5.75 Å². The van der Waals surface area contributed by atoms with Gasteiger partial charge in [0.1, 0.15) is 21.7 Å². The van der Waals surface area contributed by atoms with Crippen LogP contribution in [0.1, 0.15) is 44.3 Å². The second kappa shape index (κ2) is 11.5. The molecule has 1 N–H and O–H groups in total. The summed E-state index contributed by atoms with van der Waals surface area (Å²) in [5, 5.41) is 13.1. The fraction of sp³-hybridized carbons (Fsp3) is 0.333. The van der Waals surface area contributed by atoms with Crippen molar-refractivity contribution in [3.63, 3.8) is 0 Å². The number of fused-ring (bicyclic) bond motifs is 1. The van der Waals surface area contributed by atoms with E-state index in [1.807, 2.05) is 12.1 Å². The molecule has 1 aromatic heterocycles. The summed E-state index contributed by atoms with van der Waals surface area (Å²) < 4.78 is 38.2. The lowest BCUT2D eigenvalue weighted by Gasteiger charge is -2.26. The fourth-order valence-corrected chi connectivity index (χ4v) is 8.46. The number of thiophene rings is 1. The summed E-state index contributed by atoms with van der Waals surface area (Å²) in [5.41, 5.74) is 2.53. The van der Waals surface area contributed by atoms with Crippen molar-refractivity contribution in [1.29, 1.82) is 5.26 Å². The number of nitrogens with one attached hydrogen (secondary N) is 1. The maximum Gasteiger partial charge on any atom is 0.257 e. The van der Waals surface area contributed by atoms with Crippen molar-refractivity contribution in [1.82, 2.24) is 4.31 Å². The number of hydrogen-bond donors (Lipinski definition) is 1. The van der Waals surface area contributed by atoms with Gasteiger partial charge in [-0.05, 0) is 60.6 Å². The monoisotopic (exact) mass is 605 g/mol. The Balaban J connectivity index is 1.41. The van der Waals surface area contributed by atoms with Crippen molar-refractivity contribution in [3.05, 3.63) is 73.6 Å². The van der Waals surface area contributed by atoms with Crippen molar-refractivity contribution < 1.29 is 22.7 Å². The van der Waals surface area contributed by atoms with E-state index in [4.69, 9.17) is 32.7 Å². The molecule has 1 aliphatic heterocycles. The number of hydrogen-bond acceptors (Lipinski definition) is 7. The number of benzene rings is 2. The van der Waals surface area contributed by atoms with E-state index in [1.54, 1.807) is 7.11 Å². The molecule has 2 aromatic carbocycles. The van der Waals surface area contributed by atoms with Crippen LogP contribution in [0.15, 0.2) is 41.3 Å². The molecule has 1 fully saturated rings. The molecule has 1 aliphatic carbocycles. The van der Waals surface area contributed by atoms with Gasteiger partial charge in [-0.1, -0.05) is 35.3 Å². The Kier molecular flexibility index (Phi) is 8.19. The molecule has 0 radical (unpaired) electrons. The number of rotatable bonds is 6. The van der Waals surface area contributed by atoms with Crippen LogP contribution in [0, 0.1) is 11.3 Å². The first-order valence-corrected chi connectivity index (χ1v) is 15.3. The number of amides is 1. The van der Waals surface area contributed by atoms with E-state index < -0.39 is 15.9 Å². The third-order valence-electron chi connectivity index (χ3n) is 7.05. The summed E-state index contributed by atoms with van der Waals surface area (Å²) in [5.74, 6) is 0.470. The minimum absolute atomic E-state index is 0.0119. The largest absolute Gasteiger partial charge is 0.497 e. The van der Waals surface area contributed by atoms with Gasteiger partial charge in [0.2, 0.25) is 10.0 Å². The number of anilines is 1. The average Bonchev–Trinajstić information content (AvgIpc) is 3.29. The van der Waals surface area contributed by atoms with E-state index in [1.165, 1.54) is 33.3 Å². The Hall–Kier alpha value is -2.65. The maximum absolute atomic E-state index is 13.3. The summed E-state index contributed by atoms with van der Waals surface area (Å²) in [4.78, 5) is 14.2. The van der Waals surface area contributed by atoms with Crippen LogP contribution in [0.2, 0.25) is 10.0 Å². The second-order valence-corrected chi connectivity index (χ2v) is 13.1. The Morgan fingerprint density at radius 1 is 1.18 bits per heavy atom. The van der Waals surface area contributed by atoms with Crippen LogP contribution in [-0.2, 0) is 27.6 Å². The predicted octanol–water partition coefficient (Wildman–Crippen LogP) is 5.48. The quantitative estimate of drug-likeness (QED) is 0.398. The third kappa shape index (κ3) is 5.53. The average molecular weight is 607 g/mol. The molecular weight excluding hydrogens is 581 g/mol. The molecule has 0 spiro atoms. The van der Waals surface area contributed by atoms with Crippen LogP contribution >= 0.6 is 34.5 Å². The minimum Gasteiger partial charge on any atom is -0.497 e. The summed E-state index contributed by atoms with van der Waals surface area (Å²) in [7, 11) is -2.33. The SMILES string of the molecule is COc1ccc(C2CCc3c(sc(NC(=O)c4cc(S(=O)(=O)N5CCOCC5)c(Cl)cc4Cl)c3C#N)C2)cc1. The van der Waals surface area contributed by atoms with Gasteiger partial charge >= 0.3 is 0 Å². The Bertz CT molecular complexity index is 1560. The summed E-state index contributed by atoms with van der Waals surface area (Å²) in [6.07, 6.45) is 2.34. The zero-order valence-electron chi connectivity index (χ0n) is 21.0. The van der Waals surface area contributed by atoms with Gasteiger partial charge in [-0.2, -0.15) is 9.57 Å². The Labute approximate surface area is 241 Å². The first-order valence-electron chi connectivity index (χ1n) is 12.3. The van der Waals surface area contributed by atoms with E-state index in [9.17, 15) is 18.5 Å². The Morgan fingerprint density at radius 2 is 1.90 bits per heavy atom. The zero-order valence-corrected chi connectivity index (χ0v) is 24.1. The molecular formula is C27H25Cl2N3O5S2. The van der Waals surface area contributed by atoms with Crippen LogP contribution in [0.4, 0.5) is 5.00 Å². The van der Waals surface area contributed by atoms with E-state index >= 15 is 0 Å². The molecule has 0 bridgehead atoms. The molecule has 1 amide bonds. The Morgan fingerprint density at radius 3 is 2.56 bits per heavy atom. The molecule has 0 saturated carbocycles. The minimum atomic E-state index is -3.97. The number of carbonyl (C=O) groups is 1. The van der Waals surface area contributed by atoms with Gasteiger partial charge in [-0.15, -0.1) is 11.3 Å². The maximum atomic E-state index is 13.3. The van der Waals surface area contributed by atoms with Crippen molar-refractivity contribution >= 4 is 55.5 Å². The van der Waals surface area contributed by atoms with Crippen LogP contribution < -0.4 is 10.1 Å². The molecule has 2 aliphatic rings. The second-order valence-electron chi connectivity index (χ2n) is 9.27. The first-order chi connectivity index (χ1) is 18.7. The molecule has 2 heterocycles. The highest BCUT2D eigenvalue weighted by Crippen LogP contribution is 2.43. The summed E-state index contributed by atoms with van der Waals surface area (Å²) >= 11 is 14.0. The highest BCUT2D eigenvalue weighted by molar-refractivity contribution is 7.89. The van der Waals surface area contributed by atoms with Crippen molar-refractivity contribution in [2.75, 3.05) is 38.7 Å². The van der Waals surface area contributed by atoms with Crippen molar-refractivity contribution in [3.8, 4) is 11.8 Å². The molecule has 1 saturated heterocycles. The number of sulfonamides is 1. The van der Waals surface area contributed by atoms with E-state index in [-0.39, 0.29) is 52.7 Å². The molecule has 8 nitrogen and oxygen atoms in total. The molecule has 5 rings (SSSR count). The standard InChI is InChI=1S/C27H25Cl2N3O5S2/c1-36-18-5-2-16(3-6-18)17-4-7-19-21(15-30)27(38-24(19)12-17)31-26(33)20-13-25(23(29)14-22(20)28)39(34,35)32-8-10-37-11-9-32/h2-3,5-6,13-14,17H,4,7-12H2,1H3,(H,31,33). The van der Waals surface area contributed by atoms with Crippen LogP contribution in [0.25, 0.3) is 0 Å². The zero-order chi connectivity index (χ0) is 27.7. The third-order valence-corrected chi connectivity index (χ3v) is 10.9. The normalized spacial score (nSPS) is 17.7. The lowest BCUT2D eigenvalue weighted by Crippen LogP contribution is -2.40. The van der Waals surface area contributed by atoms with Gasteiger partial charge in [0, 0.05) is 18.0 Å². The van der Waals surface area contributed by atoms with E-state index in [0.29, 0.717) is 17.0 Å². The van der Waals surface area contributed by atoms with Gasteiger partial charge in [0.15, 0.2) is 0 Å². The lowest BCUT2D eigenvalue weighted by atomic mass is 9.83. The summed E-state index contributed by atoms with van der Waals surface area (Å²) in [6.45, 7) is 0.924. The molecule has 12 heteroatoms. The number of methoxy groups -OCH3 is 1. The number of nitrogens with zero attached hydrogens (tertiary/aromatic N) is 2. The van der Waals surface area contributed by atoms with Gasteiger partial charge in [0.05, 0.1) is 41.5 Å². The van der Waals surface area contributed by atoms with E-state index in [2.05, 4.69) is 23.5 Å².